The molecule has 0 radical (unpaired) electrons. The van der Waals surface area contributed by atoms with Crippen LogP contribution >= 0.6 is 11.8 Å². The summed E-state index contributed by atoms with van der Waals surface area (Å²) in [6.45, 7) is -0.328. The molecule has 0 saturated carbocycles. The van der Waals surface area contributed by atoms with E-state index in [1.54, 1.807) is 6.07 Å². The van der Waals surface area contributed by atoms with Crippen LogP contribution in [0.1, 0.15) is 6.42 Å². The third-order valence-electron chi connectivity index (χ3n) is 2.70. The fraction of sp³-hybridized carbons (Fsp3) is 0.308. The SMILES string of the molecule is CNC(=O)COC(=O)C[C@@H]1Sc2ccccc2NC1=O. The molecule has 1 aliphatic rings. The highest BCUT2D eigenvalue weighted by atomic mass is 32.2. The zero-order chi connectivity index (χ0) is 14.5. The predicted molar refractivity (Wildman–Crippen MR) is 74.4 cm³/mol. The van der Waals surface area contributed by atoms with Crippen LogP contribution in [0.4, 0.5) is 5.69 Å². The van der Waals surface area contributed by atoms with Crippen LogP contribution in [0.2, 0.25) is 0 Å². The second-order valence-electron chi connectivity index (χ2n) is 4.13. The lowest BCUT2D eigenvalue weighted by atomic mass is 10.2. The van der Waals surface area contributed by atoms with Crippen LogP contribution in [-0.4, -0.2) is 36.7 Å². The average molecular weight is 294 g/mol. The number of hydrogen-bond acceptors (Lipinski definition) is 5. The summed E-state index contributed by atoms with van der Waals surface area (Å²) in [6, 6.07) is 7.38. The summed E-state index contributed by atoms with van der Waals surface area (Å²) in [5.41, 5.74) is 0.748. The Balaban J connectivity index is 1.92. The molecule has 0 spiro atoms. The van der Waals surface area contributed by atoms with E-state index in [0.717, 1.165) is 10.6 Å². The van der Waals surface area contributed by atoms with Gasteiger partial charge >= 0.3 is 5.97 Å². The van der Waals surface area contributed by atoms with Crippen molar-refractivity contribution in [2.24, 2.45) is 0 Å². The van der Waals surface area contributed by atoms with E-state index in [1.165, 1.54) is 18.8 Å². The van der Waals surface area contributed by atoms with Gasteiger partial charge in [0, 0.05) is 11.9 Å². The summed E-state index contributed by atoms with van der Waals surface area (Å²) in [5.74, 6) is -1.18. The molecule has 1 aromatic rings. The van der Waals surface area contributed by atoms with E-state index in [-0.39, 0.29) is 24.8 Å². The van der Waals surface area contributed by atoms with Gasteiger partial charge in [-0.1, -0.05) is 12.1 Å². The normalized spacial score (nSPS) is 16.9. The third kappa shape index (κ3) is 3.51. The number of esters is 1. The Morgan fingerprint density at radius 2 is 2.15 bits per heavy atom. The average Bonchev–Trinajstić information content (AvgIpc) is 2.45. The zero-order valence-corrected chi connectivity index (χ0v) is 11.7. The number of nitrogens with one attached hydrogen (secondary N) is 2. The topological polar surface area (TPSA) is 84.5 Å². The molecule has 1 heterocycles. The van der Waals surface area contributed by atoms with Crippen molar-refractivity contribution < 1.29 is 19.1 Å². The van der Waals surface area contributed by atoms with Crippen molar-refractivity contribution >= 4 is 35.2 Å². The molecule has 0 fully saturated rings. The molecule has 106 valence electrons. The van der Waals surface area contributed by atoms with Gasteiger partial charge < -0.3 is 15.4 Å². The monoisotopic (exact) mass is 294 g/mol. The summed E-state index contributed by atoms with van der Waals surface area (Å²) < 4.78 is 4.79. The summed E-state index contributed by atoms with van der Waals surface area (Å²) in [5, 5.41) is 4.55. The molecule has 1 aromatic carbocycles. The van der Waals surface area contributed by atoms with Crippen molar-refractivity contribution in [2.75, 3.05) is 19.0 Å². The molecule has 7 heteroatoms. The second kappa shape index (κ2) is 6.42. The zero-order valence-electron chi connectivity index (χ0n) is 10.8. The van der Waals surface area contributed by atoms with Gasteiger partial charge in [0.1, 0.15) is 0 Å². The summed E-state index contributed by atoms with van der Waals surface area (Å²) in [7, 11) is 1.46. The van der Waals surface area contributed by atoms with Crippen LogP contribution in [0.5, 0.6) is 0 Å². The van der Waals surface area contributed by atoms with E-state index < -0.39 is 11.2 Å². The van der Waals surface area contributed by atoms with Crippen molar-refractivity contribution in [3.63, 3.8) is 0 Å². The maximum absolute atomic E-state index is 11.9. The Morgan fingerprint density at radius 1 is 1.40 bits per heavy atom. The van der Waals surface area contributed by atoms with E-state index in [4.69, 9.17) is 4.74 Å². The largest absolute Gasteiger partial charge is 0.456 e. The first-order valence-electron chi connectivity index (χ1n) is 6.03. The second-order valence-corrected chi connectivity index (χ2v) is 5.37. The molecule has 0 unspecified atom stereocenters. The fourth-order valence-electron chi connectivity index (χ4n) is 1.66. The minimum atomic E-state index is -0.569. The highest BCUT2D eigenvalue weighted by molar-refractivity contribution is 8.01. The molecule has 6 nitrogen and oxygen atoms in total. The number of amides is 2. The van der Waals surface area contributed by atoms with Crippen molar-refractivity contribution in [3.8, 4) is 0 Å². The molecule has 0 saturated heterocycles. The highest BCUT2D eigenvalue weighted by Crippen LogP contribution is 2.36. The predicted octanol–water partition coefficient (Wildman–Crippen LogP) is 0.779. The summed E-state index contributed by atoms with van der Waals surface area (Å²) in [6.07, 6.45) is -0.0676. The number of likely N-dealkylation sites (N-methyl/N-ethyl adjacent to an activating group) is 1. The lowest BCUT2D eigenvalue weighted by Gasteiger charge is -2.23. The van der Waals surface area contributed by atoms with Crippen LogP contribution in [0.15, 0.2) is 29.2 Å². The maximum atomic E-state index is 11.9. The van der Waals surface area contributed by atoms with Gasteiger partial charge in [-0.15, -0.1) is 11.8 Å². The first kappa shape index (κ1) is 14.4. The van der Waals surface area contributed by atoms with Gasteiger partial charge in [0.2, 0.25) is 5.91 Å². The number of thioether (sulfide) groups is 1. The lowest BCUT2D eigenvalue weighted by molar-refractivity contribution is -0.148. The van der Waals surface area contributed by atoms with Crippen molar-refractivity contribution in [2.45, 2.75) is 16.6 Å². The Bertz CT molecular complexity index is 547. The Kier molecular flexibility index (Phi) is 4.62. The van der Waals surface area contributed by atoms with Gasteiger partial charge in [-0.3, -0.25) is 14.4 Å². The van der Waals surface area contributed by atoms with Crippen LogP contribution in [0.3, 0.4) is 0 Å². The molecular formula is C13H14N2O4S. The minimum Gasteiger partial charge on any atom is -0.456 e. The van der Waals surface area contributed by atoms with Crippen LogP contribution < -0.4 is 10.6 Å². The van der Waals surface area contributed by atoms with Gasteiger partial charge in [0.15, 0.2) is 6.61 Å². The Labute approximate surface area is 120 Å². The maximum Gasteiger partial charge on any atom is 0.307 e. The van der Waals surface area contributed by atoms with Crippen LogP contribution in [0, 0.1) is 0 Å². The van der Waals surface area contributed by atoms with E-state index in [2.05, 4.69) is 10.6 Å². The summed E-state index contributed by atoms with van der Waals surface area (Å²) in [4.78, 5) is 35.3. The van der Waals surface area contributed by atoms with E-state index in [9.17, 15) is 14.4 Å². The van der Waals surface area contributed by atoms with Crippen LogP contribution in [-0.2, 0) is 19.1 Å². The number of para-hydroxylation sites is 1. The van der Waals surface area contributed by atoms with Crippen molar-refractivity contribution in [3.05, 3.63) is 24.3 Å². The Hall–Kier alpha value is -2.02. The third-order valence-corrected chi connectivity index (χ3v) is 3.98. The molecule has 0 aromatic heterocycles. The minimum absolute atomic E-state index is 0.0676. The molecule has 2 N–H and O–H groups in total. The number of ether oxygens (including phenoxy) is 1. The Morgan fingerprint density at radius 3 is 2.90 bits per heavy atom. The quantitative estimate of drug-likeness (QED) is 0.802. The van der Waals surface area contributed by atoms with Crippen LogP contribution in [0.25, 0.3) is 0 Å². The van der Waals surface area contributed by atoms with Gasteiger partial charge in [0.05, 0.1) is 17.4 Å². The van der Waals surface area contributed by atoms with Gasteiger partial charge in [-0.05, 0) is 12.1 Å². The molecule has 0 bridgehead atoms. The first-order chi connectivity index (χ1) is 9.60. The smallest absolute Gasteiger partial charge is 0.307 e. The number of anilines is 1. The molecule has 1 atom stereocenters. The molecular weight excluding hydrogens is 280 g/mol. The standard InChI is InChI=1S/C13H14N2O4S/c1-14-11(16)7-19-12(17)6-10-13(18)15-8-4-2-3-5-9(8)20-10/h2-5,10H,6-7H2,1H3,(H,14,16)(H,15,18)/t10-/m0/s1. The number of carbonyl (C=O) groups is 3. The molecule has 1 aliphatic heterocycles. The highest BCUT2D eigenvalue weighted by Gasteiger charge is 2.29. The number of benzene rings is 1. The fourth-order valence-corrected chi connectivity index (χ4v) is 2.75. The number of rotatable bonds is 4. The van der Waals surface area contributed by atoms with E-state index in [0.29, 0.717) is 0 Å². The molecule has 2 amide bonds. The van der Waals surface area contributed by atoms with E-state index in [1.807, 2.05) is 18.2 Å². The van der Waals surface area contributed by atoms with E-state index >= 15 is 0 Å². The first-order valence-corrected chi connectivity index (χ1v) is 6.91. The van der Waals surface area contributed by atoms with Crippen molar-refractivity contribution in [1.82, 2.24) is 5.32 Å². The molecule has 20 heavy (non-hydrogen) atoms. The molecule has 0 aliphatic carbocycles. The lowest BCUT2D eigenvalue weighted by Crippen LogP contribution is -2.32. The number of carbonyl (C=O) groups excluding carboxylic acids is 3. The summed E-state index contributed by atoms with van der Waals surface area (Å²) >= 11 is 1.32. The van der Waals surface area contributed by atoms with Gasteiger partial charge in [0.25, 0.3) is 5.91 Å². The van der Waals surface area contributed by atoms with Crippen molar-refractivity contribution in [1.29, 1.82) is 0 Å². The number of fused-ring (bicyclic) bond motifs is 1. The van der Waals surface area contributed by atoms with Gasteiger partial charge in [-0.25, -0.2) is 0 Å². The number of hydrogen-bond donors (Lipinski definition) is 2. The van der Waals surface area contributed by atoms with Gasteiger partial charge in [-0.2, -0.15) is 0 Å². The molecule has 2 rings (SSSR count).